The van der Waals surface area contributed by atoms with Crippen molar-refractivity contribution in [1.82, 2.24) is 4.90 Å². The third-order valence-electron chi connectivity index (χ3n) is 3.55. The number of carbonyl (C=O) groups is 2. The Kier molecular flexibility index (Phi) is 4.44. The summed E-state index contributed by atoms with van der Waals surface area (Å²) in [7, 11) is 1.64. The van der Waals surface area contributed by atoms with Gasteiger partial charge in [-0.3, -0.25) is 4.79 Å². The van der Waals surface area contributed by atoms with Gasteiger partial charge in [-0.15, -0.1) is 0 Å². The topological polar surface area (TPSA) is 80.0 Å². The molecule has 1 N–H and O–H groups in total. The number of nitrogens with zero attached hydrogens (tertiary/aromatic N) is 1. The van der Waals surface area contributed by atoms with Crippen LogP contribution in [0.3, 0.4) is 0 Å². The number of amides is 1. The molecule has 1 saturated heterocycles. The van der Waals surface area contributed by atoms with E-state index in [0.29, 0.717) is 37.8 Å². The van der Waals surface area contributed by atoms with Gasteiger partial charge in [0.15, 0.2) is 5.76 Å². The van der Waals surface area contributed by atoms with Crippen LogP contribution in [-0.2, 0) is 11.2 Å². The van der Waals surface area contributed by atoms with Gasteiger partial charge in [-0.2, -0.15) is 0 Å². The van der Waals surface area contributed by atoms with Crippen molar-refractivity contribution in [1.29, 1.82) is 0 Å². The van der Waals surface area contributed by atoms with Crippen molar-refractivity contribution in [3.05, 3.63) is 23.2 Å². The fraction of sp³-hybridized carbons (Fsp3) is 0.571. The number of carboxylic acid groups (broad SMARTS) is 1. The SMILES string of the molecule is CCc1oc(C(=O)N2CCC(COC)C2)cc1C(=O)O. The second kappa shape index (κ2) is 6.09. The summed E-state index contributed by atoms with van der Waals surface area (Å²) in [5.41, 5.74) is 0.0727. The zero-order valence-corrected chi connectivity index (χ0v) is 11.7. The zero-order valence-electron chi connectivity index (χ0n) is 11.7. The van der Waals surface area contributed by atoms with Crippen molar-refractivity contribution < 1.29 is 23.8 Å². The lowest BCUT2D eigenvalue weighted by molar-refractivity contribution is 0.0692. The van der Waals surface area contributed by atoms with Crippen LogP contribution in [0.2, 0.25) is 0 Å². The van der Waals surface area contributed by atoms with Gasteiger partial charge in [0, 0.05) is 38.6 Å². The van der Waals surface area contributed by atoms with Crippen molar-refractivity contribution in [2.75, 3.05) is 26.8 Å². The van der Waals surface area contributed by atoms with Crippen molar-refractivity contribution in [2.24, 2.45) is 5.92 Å². The summed E-state index contributed by atoms with van der Waals surface area (Å²) in [5.74, 6) is -0.525. The molecule has 0 spiro atoms. The summed E-state index contributed by atoms with van der Waals surface area (Å²) in [6.07, 6.45) is 1.34. The fourth-order valence-corrected chi connectivity index (χ4v) is 2.52. The van der Waals surface area contributed by atoms with Crippen LogP contribution in [0.4, 0.5) is 0 Å². The Labute approximate surface area is 117 Å². The van der Waals surface area contributed by atoms with Crippen LogP contribution in [0, 0.1) is 5.92 Å². The fourth-order valence-electron chi connectivity index (χ4n) is 2.52. The summed E-state index contributed by atoms with van der Waals surface area (Å²) in [6, 6.07) is 1.33. The number of hydrogen-bond donors (Lipinski definition) is 1. The lowest BCUT2D eigenvalue weighted by Crippen LogP contribution is -2.28. The number of carbonyl (C=O) groups excluding carboxylic acids is 1. The molecular weight excluding hydrogens is 262 g/mol. The van der Waals surface area contributed by atoms with Crippen molar-refractivity contribution >= 4 is 11.9 Å². The average Bonchev–Trinajstić information content (AvgIpc) is 3.04. The van der Waals surface area contributed by atoms with Crippen LogP contribution in [-0.4, -0.2) is 48.7 Å². The average molecular weight is 281 g/mol. The van der Waals surface area contributed by atoms with Gasteiger partial charge in [0.05, 0.1) is 6.61 Å². The first-order chi connectivity index (χ1) is 9.56. The maximum Gasteiger partial charge on any atom is 0.339 e. The highest BCUT2D eigenvalue weighted by molar-refractivity contribution is 5.96. The number of methoxy groups -OCH3 is 1. The van der Waals surface area contributed by atoms with Crippen molar-refractivity contribution in [3.63, 3.8) is 0 Å². The predicted molar refractivity (Wildman–Crippen MR) is 70.9 cm³/mol. The lowest BCUT2D eigenvalue weighted by atomic mass is 10.1. The van der Waals surface area contributed by atoms with Crippen LogP contribution in [0.25, 0.3) is 0 Å². The number of carboxylic acids is 1. The summed E-state index contributed by atoms with van der Waals surface area (Å²) < 4.78 is 10.5. The number of aryl methyl sites for hydroxylation is 1. The van der Waals surface area contributed by atoms with Gasteiger partial charge in [0.25, 0.3) is 5.91 Å². The molecule has 1 amide bonds. The maximum absolute atomic E-state index is 12.3. The first-order valence-corrected chi connectivity index (χ1v) is 6.71. The zero-order chi connectivity index (χ0) is 14.7. The molecule has 6 nitrogen and oxygen atoms in total. The molecule has 1 aliphatic rings. The van der Waals surface area contributed by atoms with Gasteiger partial charge < -0.3 is 19.2 Å². The van der Waals surface area contributed by atoms with E-state index in [9.17, 15) is 9.59 Å². The normalized spacial score (nSPS) is 18.5. The van der Waals surface area contributed by atoms with Gasteiger partial charge in [0.2, 0.25) is 0 Å². The molecule has 1 aromatic rings. The molecule has 0 saturated carbocycles. The van der Waals surface area contributed by atoms with E-state index in [0.717, 1.165) is 6.42 Å². The van der Waals surface area contributed by atoms with Gasteiger partial charge >= 0.3 is 5.97 Å². The van der Waals surface area contributed by atoms with Crippen LogP contribution in [0.1, 0.15) is 40.0 Å². The molecule has 1 fully saturated rings. The molecule has 2 heterocycles. The molecule has 0 aliphatic carbocycles. The molecule has 1 atom stereocenters. The van der Waals surface area contributed by atoms with Gasteiger partial charge in [0.1, 0.15) is 11.3 Å². The first-order valence-electron chi connectivity index (χ1n) is 6.71. The molecule has 20 heavy (non-hydrogen) atoms. The molecule has 110 valence electrons. The van der Waals surface area contributed by atoms with Crippen LogP contribution >= 0.6 is 0 Å². The largest absolute Gasteiger partial charge is 0.478 e. The molecule has 0 radical (unpaired) electrons. The third-order valence-corrected chi connectivity index (χ3v) is 3.55. The Bertz CT molecular complexity index is 508. The van der Waals surface area contributed by atoms with Gasteiger partial charge in [-0.25, -0.2) is 4.79 Å². The van der Waals surface area contributed by atoms with E-state index in [1.807, 2.05) is 0 Å². The number of furan rings is 1. The third kappa shape index (κ3) is 2.85. The number of hydrogen-bond acceptors (Lipinski definition) is 4. The molecule has 0 aromatic carbocycles. The summed E-state index contributed by atoms with van der Waals surface area (Å²) in [5, 5.41) is 9.07. The Balaban J connectivity index is 2.12. The molecular formula is C14H19NO5. The Morgan fingerprint density at radius 3 is 2.85 bits per heavy atom. The van der Waals surface area contributed by atoms with E-state index in [4.69, 9.17) is 14.3 Å². The minimum atomic E-state index is -1.07. The second-order valence-corrected chi connectivity index (χ2v) is 4.97. The van der Waals surface area contributed by atoms with E-state index in [2.05, 4.69) is 0 Å². The van der Waals surface area contributed by atoms with Gasteiger partial charge in [-0.1, -0.05) is 6.92 Å². The highest BCUT2D eigenvalue weighted by Gasteiger charge is 2.30. The first kappa shape index (κ1) is 14.6. The van der Waals surface area contributed by atoms with E-state index < -0.39 is 5.97 Å². The Morgan fingerprint density at radius 1 is 1.55 bits per heavy atom. The Morgan fingerprint density at radius 2 is 2.30 bits per heavy atom. The molecule has 1 aromatic heterocycles. The molecule has 0 bridgehead atoms. The van der Waals surface area contributed by atoms with E-state index in [1.165, 1.54) is 6.07 Å². The van der Waals surface area contributed by atoms with Crippen molar-refractivity contribution in [2.45, 2.75) is 19.8 Å². The number of ether oxygens (including phenoxy) is 1. The molecule has 2 rings (SSSR count). The monoisotopic (exact) mass is 281 g/mol. The minimum absolute atomic E-state index is 0.0727. The maximum atomic E-state index is 12.3. The molecule has 6 heteroatoms. The van der Waals surface area contributed by atoms with Gasteiger partial charge in [-0.05, 0) is 6.42 Å². The number of aromatic carboxylic acids is 1. The van der Waals surface area contributed by atoms with Crippen LogP contribution in [0.5, 0.6) is 0 Å². The molecule has 1 unspecified atom stereocenters. The van der Waals surface area contributed by atoms with E-state index in [-0.39, 0.29) is 17.2 Å². The highest BCUT2D eigenvalue weighted by atomic mass is 16.5. The predicted octanol–water partition coefficient (Wildman–Crippen LogP) is 1.65. The Hall–Kier alpha value is -1.82. The second-order valence-electron chi connectivity index (χ2n) is 4.97. The summed E-state index contributed by atoms with van der Waals surface area (Å²) in [4.78, 5) is 25.1. The number of rotatable bonds is 5. The summed E-state index contributed by atoms with van der Waals surface area (Å²) >= 11 is 0. The smallest absolute Gasteiger partial charge is 0.339 e. The highest BCUT2D eigenvalue weighted by Crippen LogP contribution is 2.22. The quantitative estimate of drug-likeness (QED) is 0.887. The summed E-state index contributed by atoms with van der Waals surface area (Å²) in [6.45, 7) is 3.70. The van der Waals surface area contributed by atoms with Crippen LogP contribution in [0.15, 0.2) is 10.5 Å². The number of likely N-dealkylation sites (tertiary alicyclic amines) is 1. The van der Waals surface area contributed by atoms with Crippen molar-refractivity contribution in [3.8, 4) is 0 Å². The lowest BCUT2D eigenvalue weighted by Gasteiger charge is -2.14. The standard InChI is InChI=1S/C14H19NO5/c1-3-11-10(14(17)18)6-12(20-11)13(16)15-5-4-9(7-15)8-19-2/h6,9H,3-5,7-8H2,1-2H3,(H,17,18). The van der Waals surface area contributed by atoms with Crippen LogP contribution < -0.4 is 0 Å². The van der Waals surface area contributed by atoms with E-state index in [1.54, 1.807) is 18.9 Å². The van der Waals surface area contributed by atoms with E-state index >= 15 is 0 Å². The molecule has 1 aliphatic heterocycles. The minimum Gasteiger partial charge on any atom is -0.478 e.